The Bertz CT molecular complexity index is 871. The molecule has 1 aliphatic rings. The zero-order valence-corrected chi connectivity index (χ0v) is 16.3. The average molecular weight is 376 g/mol. The van der Waals surface area contributed by atoms with Crippen LogP contribution < -0.4 is 4.90 Å². The fraction of sp³-hybridized carbons (Fsp3) is 0.400. The molecule has 0 spiro atoms. The third-order valence-corrected chi connectivity index (χ3v) is 6.83. The van der Waals surface area contributed by atoms with Crippen LogP contribution in [0.2, 0.25) is 0 Å². The lowest BCUT2D eigenvalue weighted by Crippen LogP contribution is -2.48. The first-order chi connectivity index (χ1) is 12.3. The van der Waals surface area contributed by atoms with E-state index in [9.17, 15) is 12.8 Å². The van der Waals surface area contributed by atoms with Crippen molar-refractivity contribution in [3.05, 3.63) is 59.4 Å². The molecule has 2 aromatic rings. The average Bonchev–Trinajstić information content (AvgIpc) is 2.64. The zero-order chi connectivity index (χ0) is 18.9. The third kappa shape index (κ3) is 3.76. The van der Waals surface area contributed by atoms with E-state index < -0.39 is 15.8 Å². The van der Waals surface area contributed by atoms with Crippen molar-refractivity contribution in [2.75, 3.05) is 31.1 Å². The van der Waals surface area contributed by atoms with Gasteiger partial charge < -0.3 is 4.90 Å². The molecule has 1 fully saturated rings. The van der Waals surface area contributed by atoms with E-state index in [0.29, 0.717) is 37.7 Å². The predicted molar refractivity (Wildman–Crippen MR) is 103 cm³/mol. The number of aryl methyl sites for hydroxylation is 1. The van der Waals surface area contributed by atoms with Crippen molar-refractivity contribution in [1.29, 1.82) is 0 Å². The summed E-state index contributed by atoms with van der Waals surface area (Å²) in [6.07, 6.45) is 0. The molecule has 0 unspecified atom stereocenters. The van der Waals surface area contributed by atoms with Crippen LogP contribution in [-0.2, 0) is 10.0 Å². The Hall–Kier alpha value is -1.92. The second-order valence-corrected chi connectivity index (χ2v) is 8.99. The number of hydrogen-bond acceptors (Lipinski definition) is 3. The predicted octanol–water partition coefficient (Wildman–Crippen LogP) is 3.77. The van der Waals surface area contributed by atoms with Crippen molar-refractivity contribution in [3.8, 4) is 0 Å². The quantitative estimate of drug-likeness (QED) is 0.816. The Kier molecular flexibility index (Phi) is 5.34. The van der Waals surface area contributed by atoms with Gasteiger partial charge in [-0.15, -0.1) is 0 Å². The highest BCUT2D eigenvalue weighted by atomic mass is 32.2. The minimum atomic E-state index is -3.58. The van der Waals surface area contributed by atoms with E-state index in [1.807, 2.05) is 0 Å². The van der Waals surface area contributed by atoms with Crippen LogP contribution in [0.25, 0.3) is 0 Å². The summed E-state index contributed by atoms with van der Waals surface area (Å²) in [6, 6.07) is 12.4. The number of anilines is 1. The van der Waals surface area contributed by atoms with Gasteiger partial charge in [-0.2, -0.15) is 4.31 Å². The van der Waals surface area contributed by atoms with Gasteiger partial charge in [0, 0.05) is 31.9 Å². The van der Waals surface area contributed by atoms with Crippen LogP contribution in [-0.4, -0.2) is 38.9 Å². The van der Waals surface area contributed by atoms with Crippen molar-refractivity contribution >= 4 is 15.7 Å². The molecule has 26 heavy (non-hydrogen) atoms. The fourth-order valence-electron chi connectivity index (χ4n) is 3.18. The normalized spacial score (nSPS) is 16.3. The summed E-state index contributed by atoms with van der Waals surface area (Å²) in [6.45, 7) is 8.02. The number of benzene rings is 2. The lowest BCUT2D eigenvalue weighted by molar-refractivity contribution is 0.385. The minimum Gasteiger partial charge on any atom is -0.369 e. The molecule has 0 saturated carbocycles. The van der Waals surface area contributed by atoms with Crippen LogP contribution >= 0.6 is 0 Å². The summed E-state index contributed by atoms with van der Waals surface area (Å²) >= 11 is 0. The topological polar surface area (TPSA) is 40.6 Å². The van der Waals surface area contributed by atoms with Crippen LogP contribution in [0.15, 0.2) is 47.4 Å². The van der Waals surface area contributed by atoms with Gasteiger partial charge in [0.15, 0.2) is 0 Å². The second kappa shape index (κ2) is 7.37. The standard InChI is InChI=1S/C20H25FN2O2S/c1-15(2)17-4-6-18(7-5-17)22-10-12-23(13-11-22)26(24,25)19-8-9-20(21)16(3)14-19/h4-9,14-15H,10-13H2,1-3H3. The molecule has 1 heterocycles. The van der Waals surface area contributed by atoms with E-state index in [4.69, 9.17) is 0 Å². The maximum Gasteiger partial charge on any atom is 0.243 e. The van der Waals surface area contributed by atoms with Crippen LogP contribution in [0, 0.1) is 12.7 Å². The molecule has 140 valence electrons. The summed E-state index contributed by atoms with van der Waals surface area (Å²) < 4.78 is 40.5. The van der Waals surface area contributed by atoms with Crippen molar-refractivity contribution in [2.24, 2.45) is 0 Å². The molecule has 6 heteroatoms. The van der Waals surface area contributed by atoms with E-state index in [1.54, 1.807) is 6.92 Å². The van der Waals surface area contributed by atoms with E-state index in [0.717, 1.165) is 5.69 Å². The first kappa shape index (κ1) is 18.9. The summed E-state index contributed by atoms with van der Waals surface area (Å²) in [7, 11) is -3.58. The van der Waals surface area contributed by atoms with Crippen LogP contribution in [0.1, 0.15) is 30.9 Å². The smallest absolute Gasteiger partial charge is 0.243 e. The number of rotatable bonds is 4. The maximum atomic E-state index is 13.4. The van der Waals surface area contributed by atoms with Crippen LogP contribution in [0.3, 0.4) is 0 Å². The number of piperazine rings is 1. The number of hydrogen-bond donors (Lipinski definition) is 0. The third-order valence-electron chi connectivity index (χ3n) is 4.93. The lowest BCUT2D eigenvalue weighted by atomic mass is 10.0. The Balaban J connectivity index is 1.70. The van der Waals surface area contributed by atoms with Gasteiger partial charge in [-0.05, 0) is 54.3 Å². The molecule has 0 bridgehead atoms. The van der Waals surface area contributed by atoms with Gasteiger partial charge in [0.25, 0.3) is 0 Å². The molecule has 4 nitrogen and oxygen atoms in total. The van der Waals surface area contributed by atoms with Crippen molar-refractivity contribution in [3.63, 3.8) is 0 Å². The molecule has 2 aromatic carbocycles. The maximum absolute atomic E-state index is 13.4. The Morgan fingerprint density at radius 2 is 1.58 bits per heavy atom. The summed E-state index contributed by atoms with van der Waals surface area (Å²) in [5.41, 5.74) is 2.75. The zero-order valence-electron chi connectivity index (χ0n) is 15.4. The van der Waals surface area contributed by atoms with E-state index >= 15 is 0 Å². The van der Waals surface area contributed by atoms with Gasteiger partial charge in [-0.3, -0.25) is 0 Å². The molecule has 1 aliphatic heterocycles. The second-order valence-electron chi connectivity index (χ2n) is 7.05. The molecule has 1 saturated heterocycles. The Labute approximate surface area is 155 Å². The van der Waals surface area contributed by atoms with Gasteiger partial charge in [-0.1, -0.05) is 26.0 Å². The van der Waals surface area contributed by atoms with Gasteiger partial charge in [0.05, 0.1) is 4.90 Å². The first-order valence-corrected chi connectivity index (χ1v) is 10.3. The van der Waals surface area contributed by atoms with E-state index in [-0.39, 0.29) is 4.90 Å². The van der Waals surface area contributed by atoms with E-state index in [1.165, 1.54) is 28.1 Å². The number of nitrogens with zero attached hydrogens (tertiary/aromatic N) is 2. The summed E-state index contributed by atoms with van der Waals surface area (Å²) in [4.78, 5) is 2.36. The molecule has 0 aromatic heterocycles. The number of sulfonamides is 1. The highest BCUT2D eigenvalue weighted by Crippen LogP contribution is 2.24. The van der Waals surface area contributed by atoms with Crippen LogP contribution in [0.4, 0.5) is 10.1 Å². The van der Waals surface area contributed by atoms with Gasteiger partial charge >= 0.3 is 0 Å². The molecular formula is C20H25FN2O2S. The lowest BCUT2D eigenvalue weighted by Gasteiger charge is -2.35. The number of halogens is 1. The minimum absolute atomic E-state index is 0.158. The summed E-state index contributed by atoms with van der Waals surface area (Å²) in [5, 5.41) is 0. The Morgan fingerprint density at radius 3 is 2.12 bits per heavy atom. The summed E-state index contributed by atoms with van der Waals surface area (Å²) in [5.74, 6) is 0.101. The Morgan fingerprint density at radius 1 is 0.962 bits per heavy atom. The fourth-order valence-corrected chi connectivity index (χ4v) is 4.69. The highest BCUT2D eigenvalue weighted by Gasteiger charge is 2.29. The van der Waals surface area contributed by atoms with Crippen molar-refractivity contribution in [1.82, 2.24) is 4.31 Å². The van der Waals surface area contributed by atoms with Crippen molar-refractivity contribution < 1.29 is 12.8 Å². The van der Waals surface area contributed by atoms with E-state index in [2.05, 4.69) is 43.0 Å². The largest absolute Gasteiger partial charge is 0.369 e. The molecule has 0 N–H and O–H groups in total. The molecule has 3 rings (SSSR count). The van der Waals surface area contributed by atoms with Gasteiger partial charge in [-0.25, -0.2) is 12.8 Å². The van der Waals surface area contributed by atoms with Gasteiger partial charge in [0.2, 0.25) is 10.0 Å². The molecular weight excluding hydrogens is 351 g/mol. The molecule has 0 radical (unpaired) electrons. The van der Waals surface area contributed by atoms with Gasteiger partial charge in [0.1, 0.15) is 5.82 Å². The molecule has 0 amide bonds. The monoisotopic (exact) mass is 376 g/mol. The first-order valence-electron chi connectivity index (χ1n) is 8.90. The molecule has 0 aliphatic carbocycles. The SMILES string of the molecule is Cc1cc(S(=O)(=O)N2CCN(c3ccc(C(C)C)cc3)CC2)ccc1F. The highest BCUT2D eigenvalue weighted by molar-refractivity contribution is 7.89. The molecule has 0 atom stereocenters. The van der Waals surface area contributed by atoms with Crippen molar-refractivity contribution in [2.45, 2.75) is 31.6 Å². The van der Waals surface area contributed by atoms with Crippen LogP contribution in [0.5, 0.6) is 0 Å².